The molecule has 8 N–H and O–H groups in total. The summed E-state index contributed by atoms with van der Waals surface area (Å²) < 4.78 is 22.8. The van der Waals surface area contributed by atoms with Gasteiger partial charge in [0.05, 0.1) is 0 Å². The van der Waals surface area contributed by atoms with Crippen molar-refractivity contribution in [2.24, 2.45) is 0 Å². The van der Waals surface area contributed by atoms with Crippen LogP contribution in [0.1, 0.15) is 0 Å². The van der Waals surface area contributed by atoms with Crippen LogP contribution in [0.15, 0.2) is 0 Å². The highest BCUT2D eigenvalue weighted by Gasteiger charge is 1.62. The molecule has 0 saturated heterocycles. The lowest BCUT2D eigenvalue weighted by Crippen LogP contribution is -1.74. The summed E-state index contributed by atoms with van der Waals surface area (Å²) in [6.45, 7) is 0. The molecule has 0 bridgehead atoms. The van der Waals surface area contributed by atoms with Crippen molar-refractivity contribution in [3.63, 3.8) is 0 Å². The normalized spacial score (nSPS) is 5.00. The van der Waals surface area contributed by atoms with Gasteiger partial charge in [-0.3, -0.25) is 9.11 Å². The maximum Gasteiger partial charge on any atom is 0.299 e. The highest BCUT2D eigenvalue weighted by molar-refractivity contribution is 7.73. The van der Waals surface area contributed by atoms with E-state index in [1.54, 1.807) is 0 Å². The third-order valence-electron chi connectivity index (χ3n) is 0. The quantitative estimate of drug-likeness (QED) is 0.346. The summed E-state index contributed by atoms with van der Waals surface area (Å²) in [6.07, 6.45) is 0. The van der Waals surface area contributed by atoms with Crippen LogP contribution in [0.3, 0.4) is 0 Å². The molecule has 0 amide bonds. The Labute approximate surface area is 42.2 Å². The van der Waals surface area contributed by atoms with E-state index in [1.807, 2.05) is 0 Å². The first-order valence-corrected chi connectivity index (χ1v) is 1.60. The Bertz CT molecular complexity index is 27.2. The molecule has 50 valence electrons. The molecule has 7 heavy (non-hydrogen) atoms. The molecule has 0 aromatic heterocycles. The van der Waals surface area contributed by atoms with Crippen LogP contribution in [-0.2, 0) is 11.4 Å². The predicted molar refractivity (Wildman–Crippen MR) is 24.2 cm³/mol. The molecule has 0 atom stereocenters. The van der Waals surface area contributed by atoms with E-state index in [4.69, 9.17) is 13.3 Å². The highest BCUT2D eigenvalue weighted by atomic mass is 32.2. The van der Waals surface area contributed by atoms with Crippen molar-refractivity contribution in [2.45, 2.75) is 0 Å². The van der Waals surface area contributed by atoms with Gasteiger partial charge >= 0.3 is 0 Å². The minimum absolute atomic E-state index is 0. The van der Waals surface area contributed by atoms with Gasteiger partial charge < -0.3 is 16.4 Å². The SMILES string of the molecule is O.O.O.O=S(O)O. The van der Waals surface area contributed by atoms with Crippen LogP contribution in [0, 0.1) is 0 Å². The van der Waals surface area contributed by atoms with Crippen LogP contribution >= 0.6 is 0 Å². The number of hydrogen-bond donors (Lipinski definition) is 2. The van der Waals surface area contributed by atoms with Crippen molar-refractivity contribution < 1.29 is 29.7 Å². The maximum absolute atomic E-state index is 8.67. The summed E-state index contributed by atoms with van der Waals surface area (Å²) in [5.41, 5.74) is 0. The first-order valence-electron chi connectivity index (χ1n) is 0.532. The van der Waals surface area contributed by atoms with Gasteiger partial charge in [-0.2, -0.15) is 4.21 Å². The number of rotatable bonds is 0. The van der Waals surface area contributed by atoms with Gasteiger partial charge in [-0.15, -0.1) is 0 Å². The molecule has 0 unspecified atom stereocenters. The van der Waals surface area contributed by atoms with Crippen molar-refractivity contribution >= 4 is 11.4 Å². The van der Waals surface area contributed by atoms with Gasteiger partial charge in [0, 0.05) is 0 Å². The summed E-state index contributed by atoms with van der Waals surface area (Å²) in [5.74, 6) is 0. The lowest BCUT2D eigenvalue weighted by molar-refractivity contribution is 0.454. The van der Waals surface area contributed by atoms with Crippen molar-refractivity contribution in [3.05, 3.63) is 0 Å². The molecule has 0 spiro atoms. The van der Waals surface area contributed by atoms with Crippen molar-refractivity contribution in [3.8, 4) is 0 Å². The molecule has 6 nitrogen and oxygen atoms in total. The van der Waals surface area contributed by atoms with Crippen LogP contribution < -0.4 is 0 Å². The van der Waals surface area contributed by atoms with Crippen molar-refractivity contribution in [1.29, 1.82) is 0 Å². The van der Waals surface area contributed by atoms with Crippen LogP contribution in [0.25, 0.3) is 0 Å². The summed E-state index contributed by atoms with van der Waals surface area (Å²) in [7, 11) is 0. The minimum Gasteiger partial charge on any atom is -0.412 e. The average molecular weight is 136 g/mol. The van der Waals surface area contributed by atoms with Gasteiger partial charge in [0.2, 0.25) is 0 Å². The second-order valence-corrected chi connectivity index (χ2v) is 0.692. The molecule has 0 aromatic carbocycles. The van der Waals surface area contributed by atoms with Gasteiger partial charge in [-0.1, -0.05) is 0 Å². The lowest BCUT2D eigenvalue weighted by Gasteiger charge is -1.59. The Kier molecular flexibility index (Phi) is 67.7. The van der Waals surface area contributed by atoms with Crippen LogP contribution in [-0.4, -0.2) is 29.7 Å². The Morgan fingerprint density at radius 2 is 1.00 bits per heavy atom. The van der Waals surface area contributed by atoms with Gasteiger partial charge in [0.15, 0.2) is 0 Å². The third-order valence-corrected chi connectivity index (χ3v) is 0. The van der Waals surface area contributed by atoms with Crippen LogP contribution in [0.5, 0.6) is 0 Å². The Morgan fingerprint density at radius 3 is 1.00 bits per heavy atom. The fourth-order valence-electron chi connectivity index (χ4n) is 0. The van der Waals surface area contributed by atoms with Gasteiger partial charge in [0.25, 0.3) is 11.4 Å². The van der Waals surface area contributed by atoms with E-state index in [0.717, 1.165) is 0 Å². The van der Waals surface area contributed by atoms with E-state index in [0.29, 0.717) is 0 Å². The van der Waals surface area contributed by atoms with Gasteiger partial charge in [-0.25, -0.2) is 0 Å². The molecule has 7 heteroatoms. The van der Waals surface area contributed by atoms with E-state index < -0.39 is 11.4 Å². The summed E-state index contributed by atoms with van der Waals surface area (Å²) in [6, 6.07) is 0. The van der Waals surface area contributed by atoms with Crippen LogP contribution in [0.2, 0.25) is 0 Å². The molecule has 0 radical (unpaired) electrons. The smallest absolute Gasteiger partial charge is 0.299 e. The first-order chi connectivity index (χ1) is 1.73. The Morgan fingerprint density at radius 1 is 1.00 bits per heavy atom. The molecular weight excluding hydrogens is 128 g/mol. The largest absolute Gasteiger partial charge is 0.412 e. The number of hydrogen-bond acceptors (Lipinski definition) is 1. The maximum atomic E-state index is 8.67. The van der Waals surface area contributed by atoms with E-state index in [2.05, 4.69) is 0 Å². The van der Waals surface area contributed by atoms with Crippen LogP contribution in [0.4, 0.5) is 0 Å². The molecule has 0 fully saturated rings. The second kappa shape index (κ2) is 16.8. The molecule has 0 aliphatic heterocycles. The second-order valence-electron chi connectivity index (χ2n) is 0.231. The van der Waals surface area contributed by atoms with E-state index in [-0.39, 0.29) is 16.4 Å². The molecule has 0 aliphatic carbocycles. The standard InChI is InChI=1S/H2O3S.3H2O/c1-4(2)3;;;/h(H2,1,2,3);3*1H2. The average Bonchev–Trinajstić information content (AvgIpc) is 0.811. The Hall–Kier alpha value is -0.0500. The van der Waals surface area contributed by atoms with Gasteiger partial charge in [-0.05, 0) is 0 Å². The summed E-state index contributed by atoms with van der Waals surface area (Å²) in [4.78, 5) is 0. The zero-order valence-electron chi connectivity index (χ0n) is 3.21. The topological polar surface area (TPSA) is 152 Å². The zero-order valence-corrected chi connectivity index (χ0v) is 4.03. The Balaban J connectivity index is -0.0000000150. The fourth-order valence-corrected chi connectivity index (χ4v) is 0. The molecule has 0 saturated carbocycles. The van der Waals surface area contributed by atoms with E-state index in [9.17, 15) is 0 Å². The molecule has 0 rings (SSSR count). The summed E-state index contributed by atoms with van der Waals surface area (Å²) >= 11 is -2.61. The lowest BCUT2D eigenvalue weighted by atomic mass is 15.8. The zero-order chi connectivity index (χ0) is 3.58. The van der Waals surface area contributed by atoms with Crippen molar-refractivity contribution in [1.82, 2.24) is 0 Å². The monoisotopic (exact) mass is 136 g/mol. The van der Waals surface area contributed by atoms with Gasteiger partial charge in [0.1, 0.15) is 0 Å². The first kappa shape index (κ1) is 28.3. The van der Waals surface area contributed by atoms with Crippen molar-refractivity contribution in [2.75, 3.05) is 0 Å². The highest BCUT2D eigenvalue weighted by Crippen LogP contribution is 1.44. The van der Waals surface area contributed by atoms with E-state index in [1.165, 1.54) is 0 Å². The molecule has 0 heterocycles. The predicted octanol–water partition coefficient (Wildman–Crippen LogP) is -2.79. The summed E-state index contributed by atoms with van der Waals surface area (Å²) in [5, 5.41) is 0. The minimum atomic E-state index is -2.61. The molecule has 0 aliphatic rings. The third kappa shape index (κ3) is 37100. The molecule has 0 aromatic rings. The molecular formula is H8O6S. The fraction of sp³-hybridized carbons (Fsp3) is 0. The van der Waals surface area contributed by atoms with E-state index >= 15 is 0 Å².